The van der Waals surface area contributed by atoms with E-state index in [1.54, 1.807) is 4.68 Å². The first kappa shape index (κ1) is 19.6. The molecule has 5 nitrogen and oxygen atoms in total. The first-order chi connectivity index (χ1) is 14.0. The van der Waals surface area contributed by atoms with Gasteiger partial charge in [0, 0.05) is 16.6 Å². The molecule has 1 heterocycles. The summed E-state index contributed by atoms with van der Waals surface area (Å²) >= 11 is 6.21. The van der Waals surface area contributed by atoms with Crippen LogP contribution in [0.4, 0.5) is 0 Å². The van der Waals surface area contributed by atoms with Gasteiger partial charge in [-0.3, -0.25) is 4.79 Å². The van der Waals surface area contributed by atoms with Crippen molar-refractivity contribution in [1.29, 1.82) is 0 Å². The lowest BCUT2D eigenvalue weighted by Crippen LogP contribution is -2.36. The molecule has 1 saturated carbocycles. The number of hydrogen-bond acceptors (Lipinski definition) is 3. The fraction of sp³-hybridized carbons (Fsp3) is 0.348. The summed E-state index contributed by atoms with van der Waals surface area (Å²) in [6, 6.07) is 13.7. The second-order valence-corrected chi connectivity index (χ2v) is 8.15. The van der Waals surface area contributed by atoms with Crippen LogP contribution < -0.4 is 5.32 Å². The number of amides is 1. The maximum atomic E-state index is 12.9. The molecule has 1 N–H and O–H groups in total. The normalized spacial score (nSPS) is 14.7. The molecule has 1 fully saturated rings. The van der Waals surface area contributed by atoms with Crippen molar-refractivity contribution < 1.29 is 4.79 Å². The molecule has 0 atom stereocenters. The second-order valence-electron chi connectivity index (χ2n) is 7.71. The summed E-state index contributed by atoms with van der Waals surface area (Å²) in [5.41, 5.74) is 3.98. The lowest BCUT2D eigenvalue weighted by Gasteiger charge is -2.21. The third-order valence-electron chi connectivity index (χ3n) is 5.64. The molecule has 0 unspecified atom stereocenters. The zero-order chi connectivity index (χ0) is 20.4. The Balaban J connectivity index is 1.76. The number of hydrogen-bond donors (Lipinski definition) is 1. The number of carbonyl (C=O) groups excluding carboxylic acids is 1. The molecule has 0 spiro atoms. The first-order valence-electron chi connectivity index (χ1n) is 10.1. The second kappa shape index (κ2) is 8.37. The molecule has 1 aromatic heterocycles. The molecule has 29 heavy (non-hydrogen) atoms. The monoisotopic (exact) mass is 408 g/mol. The Kier molecular flexibility index (Phi) is 5.67. The minimum Gasteiger partial charge on any atom is -0.347 e. The molecular weight excluding hydrogens is 384 g/mol. The van der Waals surface area contributed by atoms with Crippen molar-refractivity contribution in [2.75, 3.05) is 0 Å². The van der Waals surface area contributed by atoms with E-state index in [1.807, 2.05) is 36.4 Å². The zero-order valence-electron chi connectivity index (χ0n) is 16.8. The van der Waals surface area contributed by atoms with Gasteiger partial charge in [-0.1, -0.05) is 55.1 Å². The molecule has 6 heteroatoms. The molecule has 4 rings (SSSR count). The van der Waals surface area contributed by atoms with Crippen LogP contribution in [0.3, 0.4) is 0 Å². The van der Waals surface area contributed by atoms with Gasteiger partial charge in [-0.2, -0.15) is 0 Å². The van der Waals surface area contributed by atoms with Gasteiger partial charge in [0.2, 0.25) is 5.82 Å². The molecule has 0 bridgehead atoms. The quantitative estimate of drug-likeness (QED) is 0.639. The third-order valence-corrected chi connectivity index (χ3v) is 5.87. The fourth-order valence-electron chi connectivity index (χ4n) is 3.85. The summed E-state index contributed by atoms with van der Waals surface area (Å²) in [4.78, 5) is 17.5. The number of halogens is 1. The largest absolute Gasteiger partial charge is 0.347 e. The average molecular weight is 409 g/mol. The lowest BCUT2D eigenvalue weighted by atomic mass is 9.95. The Bertz CT molecular complexity index is 1040. The van der Waals surface area contributed by atoms with Crippen molar-refractivity contribution in [2.45, 2.75) is 52.0 Å². The van der Waals surface area contributed by atoms with Crippen molar-refractivity contribution >= 4 is 17.5 Å². The fourth-order valence-corrected chi connectivity index (χ4v) is 4.04. The van der Waals surface area contributed by atoms with Gasteiger partial charge in [-0.05, 0) is 56.0 Å². The van der Waals surface area contributed by atoms with Crippen LogP contribution in [0.2, 0.25) is 5.02 Å². The highest BCUT2D eigenvalue weighted by molar-refractivity contribution is 6.30. The smallest absolute Gasteiger partial charge is 0.291 e. The number of carbonyl (C=O) groups is 1. The molecule has 1 amide bonds. The summed E-state index contributed by atoms with van der Waals surface area (Å²) < 4.78 is 1.75. The van der Waals surface area contributed by atoms with Crippen molar-refractivity contribution in [3.05, 3.63) is 64.4 Å². The maximum Gasteiger partial charge on any atom is 0.291 e. The number of aromatic nitrogens is 3. The van der Waals surface area contributed by atoms with E-state index < -0.39 is 0 Å². The average Bonchev–Trinajstić information content (AvgIpc) is 3.16. The third kappa shape index (κ3) is 4.20. The predicted molar refractivity (Wildman–Crippen MR) is 116 cm³/mol. The minimum atomic E-state index is -0.218. The van der Waals surface area contributed by atoms with Gasteiger partial charge in [-0.25, -0.2) is 9.67 Å². The van der Waals surface area contributed by atoms with E-state index in [2.05, 4.69) is 35.3 Å². The minimum absolute atomic E-state index is 0.187. The highest BCUT2D eigenvalue weighted by Crippen LogP contribution is 2.26. The molecule has 1 aliphatic rings. The molecule has 0 aliphatic heterocycles. The van der Waals surface area contributed by atoms with Crippen LogP contribution in [0.5, 0.6) is 0 Å². The van der Waals surface area contributed by atoms with Gasteiger partial charge < -0.3 is 5.32 Å². The molecule has 0 radical (unpaired) electrons. The SMILES string of the molecule is Cc1cccc(-n2nc(C(=O)NC3CCCCC3)nc2-c2cccc(Cl)c2)c1C. The summed E-state index contributed by atoms with van der Waals surface area (Å²) in [5.74, 6) is 0.575. The van der Waals surface area contributed by atoms with Gasteiger partial charge >= 0.3 is 0 Å². The topological polar surface area (TPSA) is 59.8 Å². The standard InChI is InChI=1S/C23H25ClN4O/c1-15-8-6-13-20(16(15)2)28-22(17-9-7-10-18(24)14-17)26-21(27-28)23(29)25-19-11-4-3-5-12-19/h6-10,13-14,19H,3-5,11-12H2,1-2H3,(H,25,29). The molecular formula is C23H25ClN4O. The Morgan fingerprint density at radius 2 is 1.86 bits per heavy atom. The highest BCUT2D eigenvalue weighted by atomic mass is 35.5. The van der Waals surface area contributed by atoms with Gasteiger partial charge in [0.1, 0.15) is 0 Å². The molecule has 1 aliphatic carbocycles. The number of nitrogens with zero attached hydrogens (tertiary/aromatic N) is 3. The molecule has 150 valence electrons. The van der Waals surface area contributed by atoms with E-state index in [-0.39, 0.29) is 17.8 Å². The van der Waals surface area contributed by atoms with Gasteiger partial charge in [0.15, 0.2) is 5.82 Å². The Labute approximate surface area is 176 Å². The number of aryl methyl sites for hydroxylation is 1. The number of nitrogens with one attached hydrogen (secondary N) is 1. The zero-order valence-corrected chi connectivity index (χ0v) is 17.5. The summed E-state index contributed by atoms with van der Waals surface area (Å²) in [6.45, 7) is 4.11. The molecule has 0 saturated heterocycles. The number of benzene rings is 2. The van der Waals surface area contributed by atoms with E-state index in [4.69, 9.17) is 11.6 Å². The van der Waals surface area contributed by atoms with Crippen LogP contribution in [0, 0.1) is 13.8 Å². The van der Waals surface area contributed by atoms with Crippen molar-refractivity contribution in [3.63, 3.8) is 0 Å². The van der Waals surface area contributed by atoms with Crippen LogP contribution in [0.15, 0.2) is 42.5 Å². The van der Waals surface area contributed by atoms with Gasteiger partial charge in [0.05, 0.1) is 5.69 Å². The van der Waals surface area contributed by atoms with Crippen molar-refractivity contribution in [1.82, 2.24) is 20.1 Å². The van der Waals surface area contributed by atoms with E-state index >= 15 is 0 Å². The lowest BCUT2D eigenvalue weighted by molar-refractivity contribution is 0.0917. The first-order valence-corrected chi connectivity index (χ1v) is 10.5. The Morgan fingerprint density at radius 1 is 1.10 bits per heavy atom. The van der Waals surface area contributed by atoms with Crippen LogP contribution in [0.1, 0.15) is 53.8 Å². The van der Waals surface area contributed by atoms with Crippen LogP contribution >= 0.6 is 11.6 Å². The van der Waals surface area contributed by atoms with Crippen molar-refractivity contribution in [2.24, 2.45) is 0 Å². The van der Waals surface area contributed by atoms with E-state index in [9.17, 15) is 4.79 Å². The van der Waals surface area contributed by atoms with Crippen LogP contribution in [-0.4, -0.2) is 26.7 Å². The highest BCUT2D eigenvalue weighted by Gasteiger charge is 2.23. The van der Waals surface area contributed by atoms with Crippen LogP contribution in [0.25, 0.3) is 17.1 Å². The summed E-state index contributed by atoms with van der Waals surface area (Å²) in [7, 11) is 0. The van der Waals surface area contributed by atoms with Crippen molar-refractivity contribution in [3.8, 4) is 17.1 Å². The maximum absolute atomic E-state index is 12.9. The van der Waals surface area contributed by atoms with Gasteiger partial charge in [0.25, 0.3) is 5.91 Å². The van der Waals surface area contributed by atoms with Crippen LogP contribution in [-0.2, 0) is 0 Å². The van der Waals surface area contributed by atoms with E-state index in [1.165, 1.54) is 6.42 Å². The Morgan fingerprint density at radius 3 is 2.62 bits per heavy atom. The Hall–Kier alpha value is -2.66. The summed E-state index contributed by atoms with van der Waals surface area (Å²) in [6.07, 6.45) is 5.59. The van der Waals surface area contributed by atoms with Gasteiger partial charge in [-0.15, -0.1) is 5.10 Å². The predicted octanol–water partition coefficient (Wildman–Crippen LogP) is 5.27. The number of rotatable bonds is 4. The van der Waals surface area contributed by atoms with E-state index in [0.717, 1.165) is 48.1 Å². The molecule has 3 aromatic rings. The van der Waals surface area contributed by atoms with E-state index in [0.29, 0.717) is 10.8 Å². The summed E-state index contributed by atoms with van der Waals surface area (Å²) in [5, 5.41) is 8.33. The molecule has 2 aromatic carbocycles.